The van der Waals surface area contributed by atoms with Crippen molar-refractivity contribution in [2.75, 3.05) is 0 Å². The topological polar surface area (TPSA) is 90.0 Å². The zero-order valence-corrected chi connectivity index (χ0v) is 36.3. The van der Waals surface area contributed by atoms with Gasteiger partial charge in [0.25, 0.3) is 0 Å². The van der Waals surface area contributed by atoms with Gasteiger partial charge in [0.15, 0.2) is 0 Å². The zero-order chi connectivity index (χ0) is 33.9. The third kappa shape index (κ3) is 14.2. The molecule has 0 aromatic heterocycles. The summed E-state index contributed by atoms with van der Waals surface area (Å²) in [5.41, 5.74) is 0. The van der Waals surface area contributed by atoms with Crippen LogP contribution in [0.1, 0.15) is 138 Å². The fourth-order valence-corrected chi connectivity index (χ4v) is 32.9. The molecule has 260 valence electrons. The summed E-state index contributed by atoms with van der Waals surface area (Å²) in [4.78, 5) is 54.5. The number of carbonyl (C=O) groups excluding carboxylic acids is 4. The average Bonchev–Trinajstić information content (AvgIpc) is 3.22. The van der Waals surface area contributed by atoms with Gasteiger partial charge >= 0.3 is 295 Å². The van der Waals surface area contributed by atoms with Crippen molar-refractivity contribution in [1.29, 1.82) is 0 Å². The summed E-state index contributed by atoms with van der Waals surface area (Å²) in [6.07, 6.45) is 13.1. The molecule has 45 heavy (non-hydrogen) atoms. The third-order valence-electron chi connectivity index (χ3n) is 9.01. The number of hydrogen-bond acceptors (Lipinski definition) is 6. The molecule has 1 atom stereocenters. The molecule has 1 aliphatic heterocycles. The average molecular weight is 888 g/mol. The minimum atomic E-state index is -3.45. The van der Waals surface area contributed by atoms with Gasteiger partial charge in [0.1, 0.15) is 0 Å². The molecule has 0 saturated heterocycles. The van der Waals surface area contributed by atoms with Crippen LogP contribution in [0.15, 0.2) is 10.1 Å². The van der Waals surface area contributed by atoms with Crippen molar-refractivity contribution in [3.63, 3.8) is 0 Å². The molecule has 1 rings (SSSR count). The molecular formula is C34H61Cl2NO6Sn2. The predicted molar refractivity (Wildman–Crippen MR) is 190 cm³/mol. The molecule has 2 amide bonds. The van der Waals surface area contributed by atoms with Gasteiger partial charge in [0.2, 0.25) is 0 Å². The van der Waals surface area contributed by atoms with Crippen molar-refractivity contribution < 1.29 is 25.3 Å². The van der Waals surface area contributed by atoms with Crippen LogP contribution in [0.25, 0.3) is 0 Å². The van der Waals surface area contributed by atoms with Crippen LogP contribution in [-0.4, -0.2) is 72.3 Å². The molecule has 11 heteroatoms. The van der Waals surface area contributed by atoms with Crippen LogP contribution in [0.4, 0.5) is 0 Å². The second-order valence-corrected chi connectivity index (χ2v) is 36.9. The summed E-state index contributed by atoms with van der Waals surface area (Å²) in [5, 5.41) is -0.753. The van der Waals surface area contributed by atoms with E-state index >= 15 is 0 Å². The first-order chi connectivity index (χ1) is 21.5. The van der Waals surface area contributed by atoms with Gasteiger partial charge in [0.05, 0.1) is 0 Å². The monoisotopic (exact) mass is 889 g/mol. The summed E-state index contributed by atoms with van der Waals surface area (Å²) in [7, 11) is 0. The number of amides is 2. The number of halogens is 2. The Hall–Kier alpha value is -0.00260. The van der Waals surface area contributed by atoms with E-state index in [9.17, 15) is 19.2 Å². The number of imide groups is 1. The maximum atomic E-state index is 14.1. The quantitative estimate of drug-likeness (QED) is 0.0635. The molecule has 1 aliphatic rings. The molecule has 0 fully saturated rings. The van der Waals surface area contributed by atoms with Crippen molar-refractivity contribution in [3.8, 4) is 0 Å². The van der Waals surface area contributed by atoms with Gasteiger partial charge in [-0.05, 0) is 0 Å². The van der Waals surface area contributed by atoms with Gasteiger partial charge < -0.3 is 0 Å². The molecule has 0 aromatic rings. The molecule has 0 aromatic carbocycles. The van der Waals surface area contributed by atoms with E-state index in [4.69, 9.17) is 29.4 Å². The van der Waals surface area contributed by atoms with E-state index in [1.54, 1.807) is 0 Å². The first-order valence-electron chi connectivity index (χ1n) is 17.9. The minimum absolute atomic E-state index is 0.110. The number of rotatable bonds is 26. The first-order valence-corrected chi connectivity index (χ1v) is 33.1. The molecule has 0 spiro atoms. The number of unbranched alkanes of at least 4 members (excludes halogenated alkanes) is 6. The summed E-state index contributed by atoms with van der Waals surface area (Å²) in [5.74, 6) is -2.30. The zero-order valence-electron chi connectivity index (χ0n) is 29.1. The van der Waals surface area contributed by atoms with Crippen LogP contribution >= 0.6 is 23.2 Å². The normalized spacial score (nSPS) is 14.8. The van der Waals surface area contributed by atoms with E-state index < -0.39 is 61.4 Å². The van der Waals surface area contributed by atoms with Crippen LogP contribution < -0.4 is 0 Å². The van der Waals surface area contributed by atoms with E-state index in [1.165, 1.54) is 0 Å². The van der Waals surface area contributed by atoms with Gasteiger partial charge in [0, 0.05) is 0 Å². The molecule has 1 heterocycles. The second-order valence-electron chi connectivity index (χ2n) is 12.9. The van der Waals surface area contributed by atoms with E-state index in [0.717, 1.165) is 109 Å². The van der Waals surface area contributed by atoms with Gasteiger partial charge in [-0.3, -0.25) is 0 Å². The van der Waals surface area contributed by atoms with E-state index in [1.807, 2.05) is 0 Å². The molecule has 0 radical (unpaired) electrons. The Morgan fingerprint density at radius 1 is 0.600 bits per heavy atom. The van der Waals surface area contributed by atoms with Crippen molar-refractivity contribution in [3.05, 3.63) is 10.1 Å². The summed E-state index contributed by atoms with van der Waals surface area (Å²) in [6, 6.07) is -1.17. The van der Waals surface area contributed by atoms with E-state index in [2.05, 4.69) is 41.5 Å². The Labute approximate surface area is 293 Å². The van der Waals surface area contributed by atoms with Crippen molar-refractivity contribution in [2.45, 2.75) is 171 Å². The Balaban J connectivity index is 3.25. The third-order valence-corrected chi connectivity index (χ3v) is 35.2. The van der Waals surface area contributed by atoms with Gasteiger partial charge in [-0.25, -0.2) is 0 Å². The number of nitrogens with zero attached hydrogens (tertiary/aromatic N) is 1. The summed E-state index contributed by atoms with van der Waals surface area (Å²) < 4.78 is 19.0. The van der Waals surface area contributed by atoms with E-state index in [0.29, 0.717) is 6.42 Å². The molecule has 7 nitrogen and oxygen atoms in total. The van der Waals surface area contributed by atoms with Crippen LogP contribution in [0.5, 0.6) is 0 Å². The van der Waals surface area contributed by atoms with Crippen LogP contribution in [0.3, 0.4) is 0 Å². The van der Waals surface area contributed by atoms with Crippen LogP contribution in [0, 0.1) is 0 Å². The Kier molecular flexibility index (Phi) is 22.3. The first kappa shape index (κ1) is 43.0. The van der Waals surface area contributed by atoms with E-state index in [-0.39, 0.29) is 28.9 Å². The molecule has 0 bridgehead atoms. The summed E-state index contributed by atoms with van der Waals surface area (Å²) >= 11 is 5.60. The number of hydrogen-bond donors (Lipinski definition) is 0. The van der Waals surface area contributed by atoms with Crippen LogP contribution in [-0.2, 0) is 25.3 Å². The molecular weight excluding hydrogens is 827 g/mol. The van der Waals surface area contributed by atoms with Gasteiger partial charge in [-0.15, -0.1) is 0 Å². The maximum absolute atomic E-state index is 14.1. The van der Waals surface area contributed by atoms with Gasteiger partial charge in [-0.2, -0.15) is 0 Å². The van der Waals surface area contributed by atoms with Crippen molar-refractivity contribution in [1.82, 2.24) is 4.90 Å². The molecule has 0 saturated carbocycles. The fourth-order valence-electron chi connectivity index (χ4n) is 6.19. The second kappa shape index (κ2) is 23.4. The summed E-state index contributed by atoms with van der Waals surface area (Å²) in [6.45, 7) is 13.0. The fraction of sp³-hybridized carbons (Fsp3) is 0.824. The Bertz CT molecular complexity index is 909. The SMILES string of the molecule is CCC[CH2][Sn]([CH2]CCC)([CH2]CCC)[O]C(=O)CCC[C@H](C(=O)[O][Sn]([CH2]CCC)([CH2]CCC)[CH2]CCC)N1C(=O)C(Cl)=C(Cl)C1=O. The number of carbonyl (C=O) groups is 4. The van der Waals surface area contributed by atoms with Crippen molar-refractivity contribution >= 4 is 84.5 Å². The van der Waals surface area contributed by atoms with Crippen LogP contribution in [0.2, 0.25) is 26.6 Å². The van der Waals surface area contributed by atoms with Crippen molar-refractivity contribution in [2.24, 2.45) is 0 Å². The standard InChI is InChI=1S/C10H9Cl2NO6.6C4H9.2Sn/c11-6-7(12)9(17)13(8(6)16)4(10(18)19)2-1-3-5(14)15;6*1-3-4-2;;/h4H,1-3H2,(H,14,15)(H,18,19);6*1,3-4H2,2H3;;/q;;;;;;;2*+1/p-2/t4-;;;;;;;;/m1......../s1. The predicted octanol–water partition coefficient (Wildman–Crippen LogP) is 10.4. The Morgan fingerprint density at radius 3 is 1.27 bits per heavy atom. The molecule has 0 unspecified atom stereocenters. The van der Waals surface area contributed by atoms with Gasteiger partial charge in [-0.1, -0.05) is 0 Å². The Morgan fingerprint density at radius 2 is 0.933 bits per heavy atom. The molecule has 0 aliphatic carbocycles. The molecule has 0 N–H and O–H groups in total.